The van der Waals surface area contributed by atoms with Crippen molar-refractivity contribution in [3.05, 3.63) is 69.1 Å². The summed E-state index contributed by atoms with van der Waals surface area (Å²) < 4.78 is 2.97. The number of nitrogens with zero attached hydrogens (tertiary/aromatic N) is 3. The number of hydrogen-bond acceptors (Lipinski definition) is 4. The fourth-order valence-electron chi connectivity index (χ4n) is 2.41. The van der Waals surface area contributed by atoms with Crippen LogP contribution in [-0.4, -0.2) is 14.8 Å². The summed E-state index contributed by atoms with van der Waals surface area (Å²) >= 11 is 5.19. The molecule has 0 saturated heterocycles. The number of benzene rings is 1. The molecule has 0 saturated carbocycles. The van der Waals surface area contributed by atoms with Crippen molar-refractivity contribution in [1.82, 2.24) is 14.8 Å². The first-order valence-electron chi connectivity index (χ1n) is 6.49. The number of fused-ring (bicyclic) bond motifs is 1. The first-order valence-corrected chi connectivity index (χ1v) is 8.16. The van der Waals surface area contributed by atoms with Gasteiger partial charge < -0.3 is 5.32 Å². The van der Waals surface area contributed by atoms with E-state index in [2.05, 4.69) is 67.1 Å². The van der Waals surface area contributed by atoms with Crippen LogP contribution in [0.15, 0.2) is 58.7 Å². The minimum absolute atomic E-state index is 0.0500. The molecule has 0 bridgehead atoms. The number of hydrogen-bond donors (Lipinski definition) is 1. The Morgan fingerprint density at radius 2 is 2.05 bits per heavy atom. The van der Waals surface area contributed by atoms with E-state index in [-0.39, 0.29) is 6.04 Å². The fraction of sp³-hybridized carbons (Fsp3) is 0.0667. The van der Waals surface area contributed by atoms with E-state index in [1.54, 1.807) is 17.7 Å². The number of halogens is 1. The zero-order chi connectivity index (χ0) is 14.2. The molecule has 0 fully saturated rings. The van der Waals surface area contributed by atoms with Crippen molar-refractivity contribution < 1.29 is 0 Å². The molecule has 21 heavy (non-hydrogen) atoms. The average molecular weight is 359 g/mol. The average Bonchev–Trinajstić information content (AvgIpc) is 3.18. The number of allylic oxidation sites excluding steroid dienone is 1. The summed E-state index contributed by atoms with van der Waals surface area (Å²) in [6.07, 6.45) is 3.77. The lowest BCUT2D eigenvalue weighted by atomic mass is 10.0. The molecule has 6 heteroatoms. The number of aromatic nitrogens is 3. The Balaban J connectivity index is 1.82. The monoisotopic (exact) mass is 358 g/mol. The van der Waals surface area contributed by atoms with Gasteiger partial charge in [0, 0.05) is 4.47 Å². The van der Waals surface area contributed by atoms with Gasteiger partial charge in [0.2, 0.25) is 5.95 Å². The molecule has 0 spiro atoms. The van der Waals surface area contributed by atoms with E-state index in [1.165, 1.54) is 10.4 Å². The predicted molar refractivity (Wildman–Crippen MR) is 88.2 cm³/mol. The smallest absolute Gasteiger partial charge is 0.226 e. The molecule has 1 N–H and O–H groups in total. The van der Waals surface area contributed by atoms with Crippen LogP contribution >= 0.6 is 27.3 Å². The van der Waals surface area contributed by atoms with Crippen molar-refractivity contribution in [2.75, 3.05) is 5.32 Å². The molecule has 1 atom stereocenters. The van der Waals surface area contributed by atoms with Crippen LogP contribution in [-0.2, 0) is 0 Å². The van der Waals surface area contributed by atoms with Gasteiger partial charge in [-0.15, -0.1) is 11.3 Å². The van der Waals surface area contributed by atoms with Gasteiger partial charge in [0.05, 0.1) is 10.6 Å². The molecular weight excluding hydrogens is 348 g/mol. The SMILES string of the molecule is Brc1ccc([C@H]2C=C(c3cccs3)Nc3ncnn32)cc1. The van der Waals surface area contributed by atoms with Crippen LogP contribution in [0, 0.1) is 0 Å². The highest BCUT2D eigenvalue weighted by molar-refractivity contribution is 9.10. The fourth-order valence-corrected chi connectivity index (χ4v) is 3.38. The molecule has 1 aromatic carbocycles. The maximum absolute atomic E-state index is 4.34. The maximum atomic E-state index is 4.34. The molecule has 4 rings (SSSR count). The maximum Gasteiger partial charge on any atom is 0.226 e. The Kier molecular flexibility index (Phi) is 3.12. The van der Waals surface area contributed by atoms with Crippen LogP contribution in [0.1, 0.15) is 16.5 Å². The summed E-state index contributed by atoms with van der Waals surface area (Å²) in [5.74, 6) is 0.772. The molecule has 3 heterocycles. The van der Waals surface area contributed by atoms with Gasteiger partial charge in [-0.05, 0) is 35.2 Å². The second-order valence-electron chi connectivity index (χ2n) is 4.71. The first-order chi connectivity index (χ1) is 10.3. The van der Waals surface area contributed by atoms with Crippen LogP contribution < -0.4 is 5.32 Å². The molecule has 3 aromatic rings. The van der Waals surface area contributed by atoms with Crippen molar-refractivity contribution in [3.8, 4) is 0 Å². The van der Waals surface area contributed by atoms with Gasteiger partial charge in [-0.2, -0.15) is 10.1 Å². The molecule has 0 aliphatic carbocycles. The van der Waals surface area contributed by atoms with Gasteiger partial charge in [0.15, 0.2) is 0 Å². The summed E-state index contributed by atoms with van der Waals surface area (Å²) in [4.78, 5) is 5.51. The molecule has 2 aromatic heterocycles. The van der Waals surface area contributed by atoms with Crippen LogP contribution in [0.2, 0.25) is 0 Å². The lowest BCUT2D eigenvalue weighted by Gasteiger charge is -2.23. The Hall–Kier alpha value is -1.92. The van der Waals surface area contributed by atoms with Crippen molar-refractivity contribution in [2.45, 2.75) is 6.04 Å². The molecule has 1 aliphatic rings. The predicted octanol–water partition coefficient (Wildman–Crippen LogP) is 4.16. The third kappa shape index (κ3) is 2.30. The summed E-state index contributed by atoms with van der Waals surface area (Å²) in [6.45, 7) is 0. The second-order valence-corrected chi connectivity index (χ2v) is 6.57. The summed E-state index contributed by atoms with van der Waals surface area (Å²) in [6, 6.07) is 12.5. The van der Waals surface area contributed by atoms with E-state index in [4.69, 9.17) is 0 Å². The zero-order valence-corrected chi connectivity index (χ0v) is 13.3. The van der Waals surface area contributed by atoms with Gasteiger partial charge in [0.1, 0.15) is 12.4 Å². The van der Waals surface area contributed by atoms with E-state index >= 15 is 0 Å². The third-order valence-electron chi connectivity index (χ3n) is 3.41. The Morgan fingerprint density at radius 3 is 2.81 bits per heavy atom. The van der Waals surface area contributed by atoms with Crippen molar-refractivity contribution in [1.29, 1.82) is 0 Å². The van der Waals surface area contributed by atoms with Crippen LogP contribution in [0.3, 0.4) is 0 Å². The van der Waals surface area contributed by atoms with Gasteiger partial charge in [-0.25, -0.2) is 4.68 Å². The Labute approximate surface area is 134 Å². The van der Waals surface area contributed by atoms with Crippen molar-refractivity contribution in [3.63, 3.8) is 0 Å². The molecule has 0 amide bonds. The third-order valence-corrected chi connectivity index (χ3v) is 4.84. The quantitative estimate of drug-likeness (QED) is 0.747. The molecule has 4 nitrogen and oxygen atoms in total. The lowest BCUT2D eigenvalue weighted by molar-refractivity contribution is 0.612. The van der Waals surface area contributed by atoms with Crippen LogP contribution in [0.4, 0.5) is 5.95 Å². The topological polar surface area (TPSA) is 42.7 Å². The summed E-state index contributed by atoms with van der Waals surface area (Å²) in [5, 5.41) is 9.76. The summed E-state index contributed by atoms with van der Waals surface area (Å²) in [5.41, 5.74) is 2.26. The van der Waals surface area contributed by atoms with Gasteiger partial charge in [-0.3, -0.25) is 0 Å². The van der Waals surface area contributed by atoms with E-state index in [1.807, 2.05) is 16.8 Å². The Morgan fingerprint density at radius 1 is 1.19 bits per heavy atom. The van der Waals surface area contributed by atoms with Gasteiger partial charge >= 0.3 is 0 Å². The lowest BCUT2D eigenvalue weighted by Crippen LogP contribution is -2.19. The second kappa shape index (κ2) is 5.13. The molecule has 0 radical (unpaired) electrons. The largest absolute Gasteiger partial charge is 0.323 e. The zero-order valence-electron chi connectivity index (χ0n) is 10.9. The highest BCUT2D eigenvalue weighted by Gasteiger charge is 2.23. The standard InChI is InChI=1S/C15H11BrN4S/c16-11-5-3-10(4-6-11)13-8-12(14-2-1-7-21-14)19-15-17-9-18-20(13)15/h1-9,13H,(H,17,18,19)/t13-/m1/s1. The van der Waals surface area contributed by atoms with Gasteiger partial charge in [0.25, 0.3) is 0 Å². The number of nitrogens with one attached hydrogen (secondary N) is 1. The van der Waals surface area contributed by atoms with E-state index in [0.29, 0.717) is 0 Å². The van der Waals surface area contributed by atoms with Crippen molar-refractivity contribution >= 4 is 38.9 Å². The first kappa shape index (κ1) is 12.8. The highest BCUT2D eigenvalue weighted by Crippen LogP contribution is 2.33. The number of rotatable bonds is 2. The molecule has 104 valence electrons. The molecule has 1 aliphatic heterocycles. The number of anilines is 1. The van der Waals surface area contributed by atoms with Crippen LogP contribution in [0.5, 0.6) is 0 Å². The van der Waals surface area contributed by atoms with E-state index < -0.39 is 0 Å². The minimum Gasteiger partial charge on any atom is -0.323 e. The minimum atomic E-state index is 0.0500. The van der Waals surface area contributed by atoms with Gasteiger partial charge in [-0.1, -0.05) is 34.1 Å². The van der Waals surface area contributed by atoms with E-state index in [0.717, 1.165) is 16.1 Å². The van der Waals surface area contributed by atoms with Crippen LogP contribution in [0.25, 0.3) is 5.70 Å². The molecular formula is C15H11BrN4S. The number of thiophene rings is 1. The highest BCUT2D eigenvalue weighted by atomic mass is 79.9. The Bertz CT molecular complexity index is 789. The normalized spacial score (nSPS) is 17.0. The van der Waals surface area contributed by atoms with Crippen molar-refractivity contribution in [2.24, 2.45) is 0 Å². The summed E-state index contributed by atoms with van der Waals surface area (Å²) in [7, 11) is 0. The molecule has 0 unspecified atom stereocenters. The van der Waals surface area contributed by atoms with E-state index in [9.17, 15) is 0 Å².